The van der Waals surface area contributed by atoms with Gasteiger partial charge >= 0.3 is 0 Å². The molecular weight excluding hydrogens is 210 g/mol. The molecule has 2 aliphatic rings. The lowest BCUT2D eigenvalue weighted by Crippen LogP contribution is -2.48. The molecule has 0 aromatic heterocycles. The zero-order valence-corrected chi connectivity index (χ0v) is 11.4. The van der Waals surface area contributed by atoms with E-state index in [0.29, 0.717) is 6.04 Å². The van der Waals surface area contributed by atoms with Crippen molar-refractivity contribution in [3.05, 3.63) is 0 Å². The number of hydrogen-bond acceptors (Lipinski definition) is 3. The van der Waals surface area contributed by atoms with Crippen molar-refractivity contribution in [1.29, 1.82) is 0 Å². The van der Waals surface area contributed by atoms with Gasteiger partial charge in [-0.05, 0) is 38.1 Å². The maximum absolute atomic E-state index is 6.07. The lowest BCUT2D eigenvalue weighted by atomic mass is 9.86. The Labute approximate surface area is 106 Å². The topological polar surface area (TPSA) is 32.5 Å². The van der Waals surface area contributed by atoms with Crippen LogP contribution in [0, 0.1) is 5.92 Å². The van der Waals surface area contributed by atoms with Crippen molar-refractivity contribution < 1.29 is 0 Å². The molecule has 2 atom stereocenters. The van der Waals surface area contributed by atoms with Crippen LogP contribution in [0.5, 0.6) is 0 Å². The molecule has 1 saturated heterocycles. The highest BCUT2D eigenvalue weighted by atomic mass is 15.3. The average Bonchev–Trinajstić information content (AvgIpc) is 2.32. The summed E-state index contributed by atoms with van der Waals surface area (Å²) in [5.74, 6) is 0.872. The van der Waals surface area contributed by atoms with E-state index >= 15 is 0 Å². The van der Waals surface area contributed by atoms with E-state index in [4.69, 9.17) is 5.73 Å². The summed E-state index contributed by atoms with van der Waals surface area (Å²) in [5, 5.41) is 0. The zero-order chi connectivity index (χ0) is 12.1. The van der Waals surface area contributed by atoms with Crippen LogP contribution in [0.25, 0.3) is 0 Å². The standard InChI is InChI=1S/C14H29N3/c1-2-6-16-7-9-17(10-8-16)12-13-4-3-5-14(15)11-13/h13-14H,2-12,15H2,1H3. The summed E-state index contributed by atoms with van der Waals surface area (Å²) in [7, 11) is 0. The van der Waals surface area contributed by atoms with Crippen LogP contribution in [0.1, 0.15) is 39.0 Å². The van der Waals surface area contributed by atoms with Crippen LogP contribution in [0.3, 0.4) is 0 Å². The van der Waals surface area contributed by atoms with Crippen LogP contribution in [-0.2, 0) is 0 Å². The van der Waals surface area contributed by atoms with Gasteiger partial charge in [-0.3, -0.25) is 0 Å². The van der Waals surface area contributed by atoms with Crippen molar-refractivity contribution in [2.24, 2.45) is 11.7 Å². The Morgan fingerprint density at radius 1 is 1.06 bits per heavy atom. The predicted octanol–water partition coefficient (Wildman–Crippen LogP) is 1.53. The fourth-order valence-corrected chi connectivity index (χ4v) is 3.38. The monoisotopic (exact) mass is 239 g/mol. The van der Waals surface area contributed by atoms with E-state index in [1.54, 1.807) is 0 Å². The summed E-state index contributed by atoms with van der Waals surface area (Å²) in [4.78, 5) is 5.26. The van der Waals surface area contributed by atoms with E-state index in [1.807, 2.05) is 0 Å². The van der Waals surface area contributed by atoms with Gasteiger partial charge in [-0.15, -0.1) is 0 Å². The molecule has 0 amide bonds. The summed E-state index contributed by atoms with van der Waals surface area (Å²) in [6, 6.07) is 0.482. The van der Waals surface area contributed by atoms with Crippen LogP contribution in [-0.4, -0.2) is 55.1 Å². The molecule has 1 heterocycles. The second-order valence-electron chi connectivity index (χ2n) is 5.93. The molecule has 3 nitrogen and oxygen atoms in total. The molecule has 1 aliphatic carbocycles. The number of nitrogens with zero attached hydrogens (tertiary/aromatic N) is 2. The van der Waals surface area contributed by atoms with Crippen molar-refractivity contribution >= 4 is 0 Å². The third-order valence-corrected chi connectivity index (χ3v) is 4.34. The lowest BCUT2D eigenvalue weighted by molar-refractivity contribution is 0.108. The van der Waals surface area contributed by atoms with Crippen molar-refractivity contribution in [3.8, 4) is 0 Å². The van der Waals surface area contributed by atoms with Gasteiger partial charge < -0.3 is 15.5 Å². The molecule has 2 fully saturated rings. The third-order valence-electron chi connectivity index (χ3n) is 4.34. The summed E-state index contributed by atoms with van der Waals surface area (Å²) >= 11 is 0. The second kappa shape index (κ2) is 6.72. The first-order valence-corrected chi connectivity index (χ1v) is 7.48. The Kier molecular flexibility index (Phi) is 5.26. The molecule has 3 heteroatoms. The number of hydrogen-bond donors (Lipinski definition) is 1. The Balaban J connectivity index is 1.67. The van der Waals surface area contributed by atoms with E-state index in [9.17, 15) is 0 Å². The van der Waals surface area contributed by atoms with Gasteiger partial charge in [0, 0.05) is 38.8 Å². The zero-order valence-electron chi connectivity index (χ0n) is 11.4. The average molecular weight is 239 g/mol. The van der Waals surface area contributed by atoms with Crippen LogP contribution in [0.15, 0.2) is 0 Å². The van der Waals surface area contributed by atoms with E-state index in [2.05, 4.69) is 16.7 Å². The Morgan fingerprint density at radius 3 is 2.41 bits per heavy atom. The SMILES string of the molecule is CCCN1CCN(CC2CCCC(N)C2)CC1. The first-order chi connectivity index (χ1) is 8.28. The number of piperazine rings is 1. The molecule has 100 valence electrons. The highest BCUT2D eigenvalue weighted by molar-refractivity contribution is 4.80. The Morgan fingerprint density at radius 2 is 1.76 bits per heavy atom. The molecule has 0 aromatic carbocycles. The summed E-state index contributed by atoms with van der Waals surface area (Å²) in [6.45, 7) is 9.93. The summed E-state index contributed by atoms with van der Waals surface area (Å²) < 4.78 is 0. The van der Waals surface area contributed by atoms with E-state index in [0.717, 1.165) is 5.92 Å². The second-order valence-corrected chi connectivity index (χ2v) is 5.93. The fourth-order valence-electron chi connectivity index (χ4n) is 3.38. The largest absolute Gasteiger partial charge is 0.328 e. The van der Waals surface area contributed by atoms with Gasteiger partial charge in [0.15, 0.2) is 0 Å². The molecular formula is C14H29N3. The summed E-state index contributed by atoms with van der Waals surface area (Å²) in [6.07, 6.45) is 6.55. The van der Waals surface area contributed by atoms with Gasteiger partial charge in [0.1, 0.15) is 0 Å². The molecule has 2 N–H and O–H groups in total. The van der Waals surface area contributed by atoms with Crippen molar-refractivity contribution in [2.75, 3.05) is 39.3 Å². The van der Waals surface area contributed by atoms with Gasteiger partial charge in [-0.1, -0.05) is 13.3 Å². The highest BCUT2D eigenvalue weighted by Crippen LogP contribution is 2.24. The minimum Gasteiger partial charge on any atom is -0.328 e. The lowest BCUT2D eigenvalue weighted by Gasteiger charge is -2.37. The highest BCUT2D eigenvalue weighted by Gasteiger charge is 2.23. The number of rotatable bonds is 4. The Bertz CT molecular complexity index is 212. The molecule has 2 rings (SSSR count). The van der Waals surface area contributed by atoms with E-state index in [1.165, 1.54) is 71.4 Å². The minimum absolute atomic E-state index is 0.482. The quantitative estimate of drug-likeness (QED) is 0.807. The van der Waals surface area contributed by atoms with Gasteiger partial charge in [-0.25, -0.2) is 0 Å². The first kappa shape index (κ1) is 13.3. The first-order valence-electron chi connectivity index (χ1n) is 7.48. The maximum Gasteiger partial charge on any atom is 0.0110 e. The normalized spacial score (nSPS) is 32.8. The molecule has 17 heavy (non-hydrogen) atoms. The minimum atomic E-state index is 0.482. The predicted molar refractivity (Wildman–Crippen MR) is 73.1 cm³/mol. The summed E-state index contributed by atoms with van der Waals surface area (Å²) in [5.41, 5.74) is 6.07. The van der Waals surface area contributed by atoms with Crippen LogP contribution in [0.2, 0.25) is 0 Å². The molecule has 0 spiro atoms. The Hall–Kier alpha value is -0.120. The molecule has 0 aromatic rings. The van der Waals surface area contributed by atoms with Gasteiger partial charge in [0.25, 0.3) is 0 Å². The molecule has 0 radical (unpaired) electrons. The van der Waals surface area contributed by atoms with Crippen molar-refractivity contribution in [1.82, 2.24) is 9.80 Å². The van der Waals surface area contributed by atoms with Crippen LogP contribution >= 0.6 is 0 Å². The van der Waals surface area contributed by atoms with Crippen LogP contribution in [0.4, 0.5) is 0 Å². The van der Waals surface area contributed by atoms with Gasteiger partial charge in [-0.2, -0.15) is 0 Å². The maximum atomic E-state index is 6.07. The molecule has 0 bridgehead atoms. The molecule has 2 unspecified atom stereocenters. The van der Waals surface area contributed by atoms with Gasteiger partial charge in [0.05, 0.1) is 0 Å². The fraction of sp³-hybridized carbons (Fsp3) is 1.00. The van der Waals surface area contributed by atoms with E-state index < -0.39 is 0 Å². The smallest absolute Gasteiger partial charge is 0.0110 e. The van der Waals surface area contributed by atoms with Gasteiger partial charge in [0.2, 0.25) is 0 Å². The number of nitrogens with two attached hydrogens (primary N) is 1. The van der Waals surface area contributed by atoms with E-state index in [-0.39, 0.29) is 0 Å². The van der Waals surface area contributed by atoms with Crippen LogP contribution < -0.4 is 5.73 Å². The van der Waals surface area contributed by atoms with Crippen molar-refractivity contribution in [2.45, 2.75) is 45.1 Å². The molecule has 1 saturated carbocycles. The third kappa shape index (κ3) is 4.23. The van der Waals surface area contributed by atoms with Crippen molar-refractivity contribution in [3.63, 3.8) is 0 Å². The molecule has 1 aliphatic heterocycles.